The highest BCUT2D eigenvalue weighted by Crippen LogP contribution is 2.27. The van der Waals surface area contributed by atoms with Crippen molar-refractivity contribution in [3.8, 4) is 0 Å². The summed E-state index contributed by atoms with van der Waals surface area (Å²) in [7, 11) is 0. The second-order valence-electron chi connectivity index (χ2n) is 3.55. The first-order chi connectivity index (χ1) is 6.85. The summed E-state index contributed by atoms with van der Waals surface area (Å²) in [5.74, 6) is 1.07. The molecule has 76 valence electrons. The van der Waals surface area contributed by atoms with Crippen molar-refractivity contribution in [3.05, 3.63) is 22.9 Å². The normalized spacial score (nSPS) is 14.4. The Bertz CT molecular complexity index is 336. The Morgan fingerprint density at radius 1 is 1.50 bits per heavy atom. The van der Waals surface area contributed by atoms with Crippen molar-refractivity contribution >= 4 is 11.8 Å². The van der Waals surface area contributed by atoms with Gasteiger partial charge in [-0.1, -0.05) is 13.0 Å². The zero-order valence-corrected chi connectivity index (χ0v) is 9.36. The molecule has 0 aromatic carbocycles. The first-order valence-electron chi connectivity index (χ1n) is 5.19. The third-order valence-corrected chi connectivity index (χ3v) is 3.51. The molecular weight excluding hydrogens is 192 g/mol. The molecule has 0 bridgehead atoms. The van der Waals surface area contributed by atoms with Gasteiger partial charge in [0, 0.05) is 12.2 Å². The van der Waals surface area contributed by atoms with Gasteiger partial charge in [-0.05, 0) is 36.1 Å². The average molecular weight is 208 g/mol. The van der Waals surface area contributed by atoms with Crippen LogP contribution in [0, 0.1) is 0 Å². The molecule has 0 radical (unpaired) electrons. The van der Waals surface area contributed by atoms with E-state index in [2.05, 4.69) is 13.0 Å². The number of aromatic nitrogens is 1. The molecule has 1 aromatic heterocycles. The summed E-state index contributed by atoms with van der Waals surface area (Å²) >= 11 is 1.80. The highest BCUT2D eigenvalue weighted by Gasteiger charge is 2.15. The molecule has 1 aliphatic rings. The van der Waals surface area contributed by atoms with Crippen LogP contribution in [0.5, 0.6) is 0 Å². The van der Waals surface area contributed by atoms with Gasteiger partial charge in [0.25, 0.3) is 0 Å². The minimum absolute atomic E-state index is 0.614. The standard InChI is InChI=1S/C11H16N2S/c1-2-14-11-9(7-12)6-8-4-3-5-10(8)13-11/h6H,2-5,7,12H2,1H3. The lowest BCUT2D eigenvalue weighted by Crippen LogP contribution is -2.03. The van der Waals surface area contributed by atoms with E-state index < -0.39 is 0 Å². The van der Waals surface area contributed by atoms with Crippen LogP contribution in [0.4, 0.5) is 0 Å². The lowest BCUT2D eigenvalue weighted by Gasteiger charge is -2.08. The van der Waals surface area contributed by atoms with E-state index in [0.717, 1.165) is 17.2 Å². The quantitative estimate of drug-likeness (QED) is 0.773. The zero-order chi connectivity index (χ0) is 9.97. The number of hydrogen-bond acceptors (Lipinski definition) is 3. The van der Waals surface area contributed by atoms with Crippen LogP contribution in [0.25, 0.3) is 0 Å². The third kappa shape index (κ3) is 1.79. The largest absolute Gasteiger partial charge is 0.326 e. The molecule has 2 nitrogen and oxygen atoms in total. The molecule has 1 aromatic rings. The summed E-state index contributed by atoms with van der Waals surface area (Å²) in [6, 6.07) is 2.26. The molecule has 0 amide bonds. The Balaban J connectivity index is 2.38. The van der Waals surface area contributed by atoms with Crippen molar-refractivity contribution in [1.82, 2.24) is 4.98 Å². The zero-order valence-electron chi connectivity index (χ0n) is 8.55. The summed E-state index contributed by atoms with van der Waals surface area (Å²) in [6.45, 7) is 2.77. The number of fused-ring (bicyclic) bond motifs is 1. The fourth-order valence-electron chi connectivity index (χ4n) is 1.91. The van der Waals surface area contributed by atoms with Crippen LogP contribution in [0.2, 0.25) is 0 Å². The van der Waals surface area contributed by atoms with Gasteiger partial charge in [0.2, 0.25) is 0 Å². The molecule has 1 heterocycles. The van der Waals surface area contributed by atoms with Crippen molar-refractivity contribution < 1.29 is 0 Å². The van der Waals surface area contributed by atoms with E-state index >= 15 is 0 Å². The summed E-state index contributed by atoms with van der Waals surface area (Å²) in [5.41, 5.74) is 9.67. The molecule has 2 N–H and O–H groups in total. The van der Waals surface area contributed by atoms with Crippen molar-refractivity contribution in [2.24, 2.45) is 5.73 Å². The molecule has 2 rings (SSSR count). The van der Waals surface area contributed by atoms with Gasteiger partial charge < -0.3 is 5.73 Å². The first kappa shape index (κ1) is 9.99. The fraction of sp³-hybridized carbons (Fsp3) is 0.545. The second-order valence-corrected chi connectivity index (χ2v) is 4.80. The molecule has 0 saturated carbocycles. The van der Waals surface area contributed by atoms with Crippen LogP contribution in [-0.2, 0) is 19.4 Å². The highest BCUT2D eigenvalue weighted by atomic mass is 32.2. The summed E-state index contributed by atoms with van der Waals surface area (Å²) in [6.07, 6.45) is 3.59. The number of nitrogens with two attached hydrogens (primary N) is 1. The van der Waals surface area contributed by atoms with Crippen LogP contribution in [0.15, 0.2) is 11.1 Å². The minimum Gasteiger partial charge on any atom is -0.326 e. The van der Waals surface area contributed by atoms with E-state index in [0.29, 0.717) is 6.54 Å². The smallest absolute Gasteiger partial charge is 0.101 e. The predicted molar refractivity (Wildman–Crippen MR) is 60.6 cm³/mol. The Morgan fingerprint density at radius 2 is 2.36 bits per heavy atom. The maximum Gasteiger partial charge on any atom is 0.101 e. The van der Waals surface area contributed by atoms with E-state index in [4.69, 9.17) is 10.7 Å². The average Bonchev–Trinajstić information content (AvgIpc) is 2.64. The number of nitrogens with zero attached hydrogens (tertiary/aromatic N) is 1. The predicted octanol–water partition coefficient (Wildman–Crippen LogP) is 2.14. The van der Waals surface area contributed by atoms with Gasteiger partial charge in [0.15, 0.2) is 0 Å². The topological polar surface area (TPSA) is 38.9 Å². The number of pyridine rings is 1. The molecule has 0 saturated heterocycles. The number of thioether (sulfide) groups is 1. The monoisotopic (exact) mass is 208 g/mol. The van der Waals surface area contributed by atoms with Gasteiger partial charge in [-0.15, -0.1) is 11.8 Å². The minimum atomic E-state index is 0.614. The highest BCUT2D eigenvalue weighted by molar-refractivity contribution is 7.99. The Morgan fingerprint density at radius 3 is 3.07 bits per heavy atom. The SMILES string of the molecule is CCSc1nc2c(cc1CN)CCC2. The Labute approximate surface area is 89.3 Å². The summed E-state index contributed by atoms with van der Waals surface area (Å²) in [4.78, 5) is 4.70. The first-order valence-corrected chi connectivity index (χ1v) is 6.18. The summed E-state index contributed by atoms with van der Waals surface area (Å²) < 4.78 is 0. The second kappa shape index (κ2) is 4.32. The maximum atomic E-state index is 5.72. The van der Waals surface area contributed by atoms with E-state index in [1.807, 2.05) is 0 Å². The van der Waals surface area contributed by atoms with E-state index in [1.54, 1.807) is 11.8 Å². The fourth-order valence-corrected chi connectivity index (χ4v) is 2.68. The number of hydrogen-bond donors (Lipinski definition) is 1. The molecule has 0 spiro atoms. The molecule has 0 fully saturated rings. The molecule has 14 heavy (non-hydrogen) atoms. The third-order valence-electron chi connectivity index (χ3n) is 2.59. The molecule has 1 aliphatic carbocycles. The lowest BCUT2D eigenvalue weighted by atomic mass is 10.1. The van der Waals surface area contributed by atoms with Crippen molar-refractivity contribution in [2.75, 3.05) is 5.75 Å². The van der Waals surface area contributed by atoms with E-state index in [-0.39, 0.29) is 0 Å². The maximum absolute atomic E-state index is 5.72. The van der Waals surface area contributed by atoms with E-state index in [9.17, 15) is 0 Å². The molecule has 0 atom stereocenters. The lowest BCUT2D eigenvalue weighted by molar-refractivity contribution is 0.884. The molecule has 0 aliphatic heterocycles. The Kier molecular flexibility index (Phi) is 3.08. The van der Waals surface area contributed by atoms with Gasteiger partial charge in [-0.3, -0.25) is 0 Å². The summed E-state index contributed by atoms with van der Waals surface area (Å²) in [5, 5.41) is 1.15. The van der Waals surface area contributed by atoms with Crippen molar-refractivity contribution in [1.29, 1.82) is 0 Å². The Hall–Kier alpha value is -0.540. The van der Waals surface area contributed by atoms with Crippen LogP contribution >= 0.6 is 11.8 Å². The molecule has 3 heteroatoms. The van der Waals surface area contributed by atoms with Gasteiger partial charge in [-0.25, -0.2) is 4.98 Å². The van der Waals surface area contributed by atoms with Gasteiger partial charge in [-0.2, -0.15) is 0 Å². The van der Waals surface area contributed by atoms with Gasteiger partial charge in [0.05, 0.1) is 0 Å². The molecular formula is C11H16N2S. The van der Waals surface area contributed by atoms with Crippen LogP contribution in [-0.4, -0.2) is 10.7 Å². The van der Waals surface area contributed by atoms with Crippen LogP contribution < -0.4 is 5.73 Å². The number of rotatable bonds is 3. The molecule has 0 unspecified atom stereocenters. The van der Waals surface area contributed by atoms with Crippen LogP contribution in [0.1, 0.15) is 30.2 Å². The van der Waals surface area contributed by atoms with Crippen molar-refractivity contribution in [2.45, 2.75) is 37.8 Å². The van der Waals surface area contributed by atoms with Crippen molar-refractivity contribution in [3.63, 3.8) is 0 Å². The van der Waals surface area contributed by atoms with Gasteiger partial charge >= 0.3 is 0 Å². The van der Waals surface area contributed by atoms with Gasteiger partial charge in [0.1, 0.15) is 5.03 Å². The van der Waals surface area contributed by atoms with E-state index in [1.165, 1.54) is 29.7 Å². The number of aryl methyl sites for hydroxylation is 2. The van der Waals surface area contributed by atoms with Crippen LogP contribution in [0.3, 0.4) is 0 Å².